The summed E-state index contributed by atoms with van der Waals surface area (Å²) in [6, 6.07) is 10.0. The highest BCUT2D eigenvalue weighted by molar-refractivity contribution is 5.94. The summed E-state index contributed by atoms with van der Waals surface area (Å²) in [6.45, 7) is 7.56. The molecule has 2 heterocycles. The zero-order valence-electron chi connectivity index (χ0n) is 19.3. The van der Waals surface area contributed by atoms with E-state index in [1.165, 1.54) is 12.1 Å². The standard InChI is InChI=1S/C24H28N4O6/c1-3-33-22-15-21(26-9-11-32-12-10-26)23(34-4-2)14-19(22)25-24(29)16-27-8-7-17-13-18(28(30)31)5-6-20(17)27/h5-8,13-15H,3-4,9-12,16H2,1-2H3,(H,25,29). The molecule has 180 valence electrons. The Morgan fingerprint density at radius 1 is 1.09 bits per heavy atom. The third-order valence-electron chi connectivity index (χ3n) is 5.57. The van der Waals surface area contributed by atoms with Crippen molar-refractivity contribution in [1.82, 2.24) is 4.57 Å². The molecule has 1 amide bonds. The van der Waals surface area contributed by atoms with Crippen LogP contribution in [0.5, 0.6) is 11.5 Å². The summed E-state index contributed by atoms with van der Waals surface area (Å²) < 4.78 is 19.0. The predicted octanol–water partition coefficient (Wildman–Crippen LogP) is 3.82. The topological polar surface area (TPSA) is 108 Å². The lowest BCUT2D eigenvalue weighted by Crippen LogP contribution is -2.36. The number of fused-ring (bicyclic) bond motifs is 1. The van der Waals surface area contributed by atoms with E-state index in [1.54, 1.807) is 29.0 Å². The SMILES string of the molecule is CCOc1cc(N2CCOCC2)c(OCC)cc1NC(=O)Cn1ccc2cc([N+](=O)[O-])ccc21. The average Bonchev–Trinajstić information content (AvgIpc) is 3.23. The fraction of sp³-hybridized carbons (Fsp3) is 0.375. The fourth-order valence-corrected chi connectivity index (χ4v) is 4.03. The van der Waals surface area contributed by atoms with Gasteiger partial charge in [0.2, 0.25) is 5.91 Å². The molecule has 10 heteroatoms. The van der Waals surface area contributed by atoms with Gasteiger partial charge in [0.15, 0.2) is 0 Å². The van der Waals surface area contributed by atoms with Crippen molar-refractivity contribution in [3.63, 3.8) is 0 Å². The van der Waals surface area contributed by atoms with E-state index in [2.05, 4.69) is 10.2 Å². The molecule has 0 unspecified atom stereocenters. The lowest BCUT2D eigenvalue weighted by atomic mass is 10.2. The Morgan fingerprint density at radius 2 is 1.82 bits per heavy atom. The number of carbonyl (C=O) groups excluding carboxylic acids is 1. The second-order valence-corrected chi connectivity index (χ2v) is 7.77. The molecule has 1 saturated heterocycles. The smallest absolute Gasteiger partial charge is 0.270 e. The second kappa shape index (κ2) is 10.4. The van der Waals surface area contributed by atoms with E-state index in [1.807, 2.05) is 19.9 Å². The Morgan fingerprint density at radius 3 is 2.53 bits per heavy atom. The highest BCUT2D eigenvalue weighted by Gasteiger charge is 2.21. The molecule has 0 radical (unpaired) electrons. The van der Waals surface area contributed by atoms with Crippen molar-refractivity contribution in [2.75, 3.05) is 49.7 Å². The van der Waals surface area contributed by atoms with Crippen LogP contribution in [0.25, 0.3) is 10.9 Å². The van der Waals surface area contributed by atoms with Gasteiger partial charge in [-0.05, 0) is 26.0 Å². The third kappa shape index (κ3) is 5.07. The minimum atomic E-state index is -0.435. The van der Waals surface area contributed by atoms with Crippen molar-refractivity contribution in [3.05, 3.63) is 52.7 Å². The van der Waals surface area contributed by atoms with E-state index < -0.39 is 4.92 Å². The fourth-order valence-electron chi connectivity index (χ4n) is 4.03. The van der Waals surface area contributed by atoms with Gasteiger partial charge in [0, 0.05) is 54.5 Å². The van der Waals surface area contributed by atoms with Crippen molar-refractivity contribution in [3.8, 4) is 11.5 Å². The van der Waals surface area contributed by atoms with Crippen molar-refractivity contribution >= 4 is 33.9 Å². The number of hydrogen-bond donors (Lipinski definition) is 1. The third-order valence-corrected chi connectivity index (χ3v) is 5.57. The minimum absolute atomic E-state index is 0.0138. The number of rotatable bonds is 9. The van der Waals surface area contributed by atoms with Crippen molar-refractivity contribution in [2.24, 2.45) is 0 Å². The van der Waals surface area contributed by atoms with Gasteiger partial charge in [-0.15, -0.1) is 0 Å². The van der Waals surface area contributed by atoms with Crippen LogP contribution in [0.2, 0.25) is 0 Å². The summed E-state index contributed by atoms with van der Waals surface area (Å²) in [6.07, 6.45) is 1.74. The Balaban J connectivity index is 1.58. The van der Waals surface area contributed by atoms with Gasteiger partial charge in [-0.25, -0.2) is 0 Å². The number of benzene rings is 2. The molecule has 1 aliphatic rings. The average molecular weight is 469 g/mol. The normalized spacial score (nSPS) is 13.6. The Kier molecular flexibility index (Phi) is 7.17. The van der Waals surface area contributed by atoms with E-state index in [4.69, 9.17) is 14.2 Å². The van der Waals surface area contributed by atoms with Crippen LogP contribution in [0.4, 0.5) is 17.1 Å². The van der Waals surface area contributed by atoms with Gasteiger partial charge in [-0.3, -0.25) is 14.9 Å². The molecule has 3 aromatic rings. The maximum absolute atomic E-state index is 12.9. The first-order valence-corrected chi connectivity index (χ1v) is 11.3. The number of nitro groups is 1. The van der Waals surface area contributed by atoms with E-state index in [0.29, 0.717) is 49.0 Å². The number of amides is 1. The van der Waals surface area contributed by atoms with Gasteiger partial charge in [0.25, 0.3) is 5.69 Å². The van der Waals surface area contributed by atoms with Crippen LogP contribution in [0.15, 0.2) is 42.6 Å². The molecule has 10 nitrogen and oxygen atoms in total. The highest BCUT2D eigenvalue weighted by atomic mass is 16.6. The van der Waals surface area contributed by atoms with Crippen LogP contribution in [0.1, 0.15) is 13.8 Å². The van der Waals surface area contributed by atoms with Crippen molar-refractivity contribution in [2.45, 2.75) is 20.4 Å². The number of nitrogens with zero attached hydrogens (tertiary/aromatic N) is 3. The zero-order chi connectivity index (χ0) is 24.1. The molecular weight excluding hydrogens is 440 g/mol. The lowest BCUT2D eigenvalue weighted by molar-refractivity contribution is -0.384. The number of ether oxygens (including phenoxy) is 3. The monoisotopic (exact) mass is 468 g/mol. The first kappa shape index (κ1) is 23.4. The molecule has 0 atom stereocenters. The number of morpholine rings is 1. The molecule has 0 spiro atoms. The molecule has 1 fully saturated rings. The largest absolute Gasteiger partial charge is 0.492 e. The first-order chi connectivity index (χ1) is 16.5. The Hall–Kier alpha value is -3.79. The summed E-state index contributed by atoms with van der Waals surface area (Å²) in [5.41, 5.74) is 2.19. The number of nitro benzene ring substituents is 1. The Bertz CT molecular complexity index is 1190. The molecule has 1 N–H and O–H groups in total. The second-order valence-electron chi connectivity index (χ2n) is 7.77. The van der Waals surface area contributed by atoms with Crippen LogP contribution < -0.4 is 19.7 Å². The summed E-state index contributed by atoms with van der Waals surface area (Å²) in [7, 11) is 0. The number of non-ortho nitro benzene ring substituents is 1. The van der Waals surface area contributed by atoms with Crippen molar-refractivity contribution in [1.29, 1.82) is 0 Å². The minimum Gasteiger partial charge on any atom is -0.492 e. The van der Waals surface area contributed by atoms with Gasteiger partial charge in [0.1, 0.15) is 18.0 Å². The molecule has 0 bridgehead atoms. The maximum atomic E-state index is 12.9. The molecule has 2 aromatic carbocycles. The van der Waals surface area contributed by atoms with Gasteiger partial charge in [-0.1, -0.05) is 0 Å². The number of carbonyl (C=O) groups is 1. The molecule has 0 aliphatic carbocycles. The van der Waals surface area contributed by atoms with E-state index in [0.717, 1.165) is 24.3 Å². The number of anilines is 2. The molecule has 0 saturated carbocycles. The van der Waals surface area contributed by atoms with Crippen LogP contribution in [0, 0.1) is 10.1 Å². The zero-order valence-corrected chi connectivity index (χ0v) is 19.3. The summed E-state index contributed by atoms with van der Waals surface area (Å²) in [5.74, 6) is 0.981. The highest BCUT2D eigenvalue weighted by Crippen LogP contribution is 2.39. The van der Waals surface area contributed by atoms with Crippen molar-refractivity contribution < 1.29 is 23.9 Å². The van der Waals surface area contributed by atoms with E-state index in [-0.39, 0.29) is 18.1 Å². The van der Waals surface area contributed by atoms with E-state index >= 15 is 0 Å². The number of aromatic nitrogens is 1. The summed E-state index contributed by atoms with van der Waals surface area (Å²) in [5, 5.41) is 14.7. The van der Waals surface area contributed by atoms with Gasteiger partial charge in [0.05, 0.1) is 42.7 Å². The first-order valence-electron chi connectivity index (χ1n) is 11.3. The molecule has 4 rings (SSSR count). The molecule has 1 aliphatic heterocycles. The lowest BCUT2D eigenvalue weighted by Gasteiger charge is -2.31. The van der Waals surface area contributed by atoms with Crippen LogP contribution in [-0.4, -0.2) is 54.9 Å². The number of hydrogen-bond acceptors (Lipinski definition) is 7. The van der Waals surface area contributed by atoms with Crippen LogP contribution >= 0.6 is 0 Å². The van der Waals surface area contributed by atoms with Gasteiger partial charge >= 0.3 is 0 Å². The molecule has 34 heavy (non-hydrogen) atoms. The molecular formula is C24H28N4O6. The quantitative estimate of drug-likeness (QED) is 0.376. The molecule has 1 aromatic heterocycles. The predicted molar refractivity (Wildman–Crippen MR) is 129 cm³/mol. The summed E-state index contributed by atoms with van der Waals surface area (Å²) in [4.78, 5) is 25.7. The van der Waals surface area contributed by atoms with Crippen LogP contribution in [0.3, 0.4) is 0 Å². The maximum Gasteiger partial charge on any atom is 0.270 e. The number of nitrogens with one attached hydrogen (secondary N) is 1. The van der Waals surface area contributed by atoms with Gasteiger partial charge in [-0.2, -0.15) is 0 Å². The van der Waals surface area contributed by atoms with Crippen LogP contribution in [-0.2, 0) is 16.1 Å². The van der Waals surface area contributed by atoms with Gasteiger partial charge < -0.3 is 29.0 Å². The van der Waals surface area contributed by atoms with E-state index in [9.17, 15) is 14.9 Å². The Labute approximate surface area is 197 Å². The summed E-state index contributed by atoms with van der Waals surface area (Å²) >= 11 is 0.